The van der Waals surface area contributed by atoms with Crippen molar-refractivity contribution in [2.45, 2.75) is 32.6 Å². The molecule has 2 aliphatic rings. The Morgan fingerprint density at radius 2 is 1.87 bits per heavy atom. The Morgan fingerprint density at radius 3 is 2.48 bits per heavy atom. The second-order valence-corrected chi connectivity index (χ2v) is 6.39. The molecule has 2 saturated heterocycles. The molecule has 134 valence electrons. The van der Waals surface area contributed by atoms with E-state index in [0.717, 1.165) is 51.9 Å². The summed E-state index contributed by atoms with van der Waals surface area (Å²) in [5.74, 6) is 0.430. The van der Waals surface area contributed by atoms with Gasteiger partial charge in [0, 0.05) is 13.1 Å². The highest BCUT2D eigenvalue weighted by atomic mass is 35.5. The van der Waals surface area contributed by atoms with Gasteiger partial charge in [0.05, 0.1) is 19.1 Å². The number of halogens is 1. The van der Waals surface area contributed by atoms with E-state index in [9.17, 15) is 9.59 Å². The Bertz CT molecular complexity index is 387. The van der Waals surface area contributed by atoms with Gasteiger partial charge in [0.2, 0.25) is 5.91 Å². The van der Waals surface area contributed by atoms with Crippen LogP contribution in [-0.4, -0.2) is 67.6 Å². The molecule has 0 radical (unpaired) electrons. The summed E-state index contributed by atoms with van der Waals surface area (Å²) < 4.78 is 5.08. The van der Waals surface area contributed by atoms with Crippen molar-refractivity contribution in [3.05, 3.63) is 0 Å². The van der Waals surface area contributed by atoms with E-state index in [1.807, 2.05) is 11.8 Å². The number of likely N-dealkylation sites (tertiary alicyclic amines) is 2. The fourth-order valence-corrected chi connectivity index (χ4v) is 3.33. The minimum Gasteiger partial charge on any atom is -0.466 e. The fourth-order valence-electron chi connectivity index (χ4n) is 3.33. The topological polar surface area (TPSA) is 75.9 Å². The molecule has 23 heavy (non-hydrogen) atoms. The van der Waals surface area contributed by atoms with Crippen LogP contribution in [0.2, 0.25) is 0 Å². The molecule has 2 rings (SSSR count). The van der Waals surface area contributed by atoms with Crippen LogP contribution in [0.25, 0.3) is 0 Å². The van der Waals surface area contributed by atoms with Gasteiger partial charge in [-0.05, 0) is 58.2 Å². The monoisotopic (exact) mass is 347 g/mol. The van der Waals surface area contributed by atoms with Crippen LogP contribution in [0.15, 0.2) is 0 Å². The largest absolute Gasteiger partial charge is 0.466 e. The minimum atomic E-state index is -0.163. The summed E-state index contributed by atoms with van der Waals surface area (Å²) in [5.41, 5.74) is 5.70. The molecule has 1 atom stereocenters. The van der Waals surface area contributed by atoms with Crippen LogP contribution in [0, 0.1) is 11.8 Å². The first-order chi connectivity index (χ1) is 10.6. The lowest BCUT2D eigenvalue weighted by Crippen LogP contribution is -2.48. The number of nitrogens with zero attached hydrogens (tertiary/aromatic N) is 2. The van der Waals surface area contributed by atoms with E-state index >= 15 is 0 Å². The van der Waals surface area contributed by atoms with Gasteiger partial charge >= 0.3 is 5.97 Å². The second-order valence-electron chi connectivity index (χ2n) is 6.39. The average Bonchev–Trinajstić information content (AvgIpc) is 2.56. The van der Waals surface area contributed by atoms with E-state index < -0.39 is 0 Å². The third kappa shape index (κ3) is 5.94. The molecule has 0 spiro atoms. The van der Waals surface area contributed by atoms with Crippen molar-refractivity contribution in [2.24, 2.45) is 17.6 Å². The summed E-state index contributed by atoms with van der Waals surface area (Å²) in [5, 5.41) is 0. The van der Waals surface area contributed by atoms with Gasteiger partial charge < -0.3 is 15.4 Å². The number of nitrogens with two attached hydrogens (primary N) is 1. The van der Waals surface area contributed by atoms with Crippen molar-refractivity contribution in [1.82, 2.24) is 9.80 Å². The van der Waals surface area contributed by atoms with Crippen molar-refractivity contribution in [3.8, 4) is 0 Å². The Morgan fingerprint density at radius 1 is 1.17 bits per heavy atom. The number of carbonyl (C=O) groups is 2. The SMILES string of the molecule is CCOC(=O)C1CCCN(C(=O)CN2CCC(CN)CC2)C1.Cl. The van der Waals surface area contributed by atoms with Gasteiger partial charge in [-0.1, -0.05) is 0 Å². The first kappa shape index (κ1) is 20.2. The van der Waals surface area contributed by atoms with E-state index in [4.69, 9.17) is 10.5 Å². The zero-order valence-electron chi connectivity index (χ0n) is 14.0. The molecule has 1 unspecified atom stereocenters. The van der Waals surface area contributed by atoms with Crippen molar-refractivity contribution < 1.29 is 14.3 Å². The van der Waals surface area contributed by atoms with Crippen LogP contribution in [0.4, 0.5) is 0 Å². The van der Waals surface area contributed by atoms with E-state index in [0.29, 0.717) is 25.6 Å². The zero-order chi connectivity index (χ0) is 15.9. The van der Waals surface area contributed by atoms with Crippen molar-refractivity contribution >= 4 is 24.3 Å². The molecule has 0 aliphatic carbocycles. The number of hydrogen-bond donors (Lipinski definition) is 1. The molecule has 2 aliphatic heterocycles. The molecule has 0 aromatic rings. The summed E-state index contributed by atoms with van der Waals surface area (Å²) >= 11 is 0. The Balaban J connectivity index is 0.00000264. The number of esters is 1. The highest BCUT2D eigenvalue weighted by molar-refractivity contribution is 5.85. The summed E-state index contributed by atoms with van der Waals surface area (Å²) in [6.45, 7) is 6.59. The molecule has 0 bridgehead atoms. The number of hydrogen-bond acceptors (Lipinski definition) is 5. The maximum Gasteiger partial charge on any atom is 0.310 e. The summed E-state index contributed by atoms with van der Waals surface area (Å²) in [7, 11) is 0. The van der Waals surface area contributed by atoms with E-state index in [-0.39, 0.29) is 30.2 Å². The molecule has 7 heteroatoms. The predicted octanol–water partition coefficient (Wildman–Crippen LogP) is 0.881. The number of carbonyl (C=O) groups excluding carboxylic acids is 2. The molecular weight excluding hydrogens is 318 g/mol. The van der Waals surface area contributed by atoms with Crippen LogP contribution in [0.1, 0.15) is 32.6 Å². The van der Waals surface area contributed by atoms with E-state index in [1.165, 1.54) is 0 Å². The van der Waals surface area contributed by atoms with Gasteiger partial charge in [0.15, 0.2) is 0 Å². The molecule has 6 nitrogen and oxygen atoms in total. The molecule has 0 saturated carbocycles. The van der Waals surface area contributed by atoms with Crippen LogP contribution in [0.3, 0.4) is 0 Å². The normalized spacial score (nSPS) is 23.2. The van der Waals surface area contributed by atoms with Crippen LogP contribution in [0.5, 0.6) is 0 Å². The lowest BCUT2D eigenvalue weighted by molar-refractivity contribution is -0.151. The van der Waals surface area contributed by atoms with Gasteiger partial charge in [0.1, 0.15) is 0 Å². The second kappa shape index (κ2) is 10.1. The summed E-state index contributed by atoms with van der Waals surface area (Å²) in [6, 6.07) is 0. The maximum absolute atomic E-state index is 12.5. The number of rotatable bonds is 5. The molecule has 0 aromatic heterocycles. The smallest absolute Gasteiger partial charge is 0.310 e. The highest BCUT2D eigenvalue weighted by Crippen LogP contribution is 2.19. The van der Waals surface area contributed by atoms with Crippen molar-refractivity contribution in [1.29, 1.82) is 0 Å². The zero-order valence-corrected chi connectivity index (χ0v) is 14.9. The first-order valence-electron chi connectivity index (χ1n) is 8.50. The molecular formula is C16H30ClN3O3. The molecule has 1 amide bonds. The molecule has 2 heterocycles. The lowest BCUT2D eigenvalue weighted by atomic mass is 9.96. The number of amides is 1. The van der Waals surface area contributed by atoms with Gasteiger partial charge in [-0.15, -0.1) is 12.4 Å². The first-order valence-corrected chi connectivity index (χ1v) is 8.50. The standard InChI is InChI=1S/C16H29N3O3.ClH/c1-2-22-16(21)14-4-3-7-19(11-14)15(20)12-18-8-5-13(10-17)6-9-18;/h13-14H,2-12,17H2,1H3;1H. The third-order valence-electron chi connectivity index (χ3n) is 4.79. The summed E-state index contributed by atoms with van der Waals surface area (Å²) in [6.07, 6.45) is 3.86. The van der Waals surface area contributed by atoms with Crippen molar-refractivity contribution in [3.63, 3.8) is 0 Å². The van der Waals surface area contributed by atoms with Crippen LogP contribution < -0.4 is 5.73 Å². The van der Waals surface area contributed by atoms with E-state index in [1.54, 1.807) is 0 Å². The Labute approximate surface area is 145 Å². The Kier molecular flexibility index (Phi) is 8.87. The van der Waals surface area contributed by atoms with Crippen molar-refractivity contribution in [2.75, 3.05) is 45.9 Å². The quantitative estimate of drug-likeness (QED) is 0.747. The average molecular weight is 348 g/mol. The fraction of sp³-hybridized carbons (Fsp3) is 0.875. The van der Waals surface area contributed by atoms with Gasteiger partial charge in [0.25, 0.3) is 0 Å². The third-order valence-corrected chi connectivity index (χ3v) is 4.79. The van der Waals surface area contributed by atoms with Gasteiger partial charge in [-0.2, -0.15) is 0 Å². The highest BCUT2D eigenvalue weighted by Gasteiger charge is 2.30. The molecule has 2 N–H and O–H groups in total. The van der Waals surface area contributed by atoms with Gasteiger partial charge in [-0.3, -0.25) is 14.5 Å². The number of ether oxygens (including phenoxy) is 1. The van der Waals surface area contributed by atoms with Gasteiger partial charge in [-0.25, -0.2) is 0 Å². The summed E-state index contributed by atoms with van der Waals surface area (Å²) in [4.78, 5) is 28.3. The number of piperidine rings is 2. The van der Waals surface area contributed by atoms with Crippen LogP contribution >= 0.6 is 12.4 Å². The predicted molar refractivity (Wildman–Crippen MR) is 91.4 cm³/mol. The minimum absolute atomic E-state index is 0. The Hall–Kier alpha value is -0.850. The van der Waals surface area contributed by atoms with Crippen LogP contribution in [-0.2, 0) is 14.3 Å². The maximum atomic E-state index is 12.5. The van der Waals surface area contributed by atoms with E-state index in [2.05, 4.69) is 4.90 Å². The lowest BCUT2D eigenvalue weighted by Gasteiger charge is -2.35. The molecule has 0 aromatic carbocycles. The molecule has 2 fully saturated rings.